The Balaban J connectivity index is 2.07. The summed E-state index contributed by atoms with van der Waals surface area (Å²) in [7, 11) is 0. The highest BCUT2D eigenvalue weighted by molar-refractivity contribution is 5.55. The third kappa shape index (κ3) is 4.55. The monoisotopic (exact) mass is 291 g/mol. The summed E-state index contributed by atoms with van der Waals surface area (Å²) in [6.07, 6.45) is 5.11. The molecule has 1 aromatic carbocycles. The number of hydrogen-bond acceptors (Lipinski definition) is 3. The Bertz CT molecular complexity index is 457. The molecular weight excluding hydrogens is 262 g/mol. The van der Waals surface area contributed by atoms with Crippen LogP contribution in [0.3, 0.4) is 0 Å². The Morgan fingerprint density at radius 2 is 1.86 bits per heavy atom. The lowest BCUT2D eigenvalue weighted by atomic mass is 9.75. The molecule has 0 amide bonds. The molecule has 2 rings (SSSR count). The van der Waals surface area contributed by atoms with E-state index >= 15 is 0 Å². The van der Waals surface area contributed by atoms with Crippen molar-refractivity contribution in [3.8, 4) is 11.5 Å². The Labute approximate surface area is 129 Å². The van der Waals surface area contributed by atoms with Crippen LogP contribution in [0, 0.1) is 5.41 Å². The maximum Gasteiger partial charge on any atom is 0.163 e. The third-order valence-electron chi connectivity index (χ3n) is 4.12. The average molecular weight is 291 g/mol. The lowest BCUT2D eigenvalue weighted by Crippen LogP contribution is -2.31. The van der Waals surface area contributed by atoms with E-state index in [0.29, 0.717) is 24.7 Å². The zero-order valence-corrected chi connectivity index (χ0v) is 13.9. The summed E-state index contributed by atoms with van der Waals surface area (Å²) in [5.41, 5.74) is 1.58. The smallest absolute Gasteiger partial charge is 0.163 e. The van der Waals surface area contributed by atoms with Gasteiger partial charge in [-0.15, -0.1) is 0 Å². The minimum atomic E-state index is 0.448. The van der Waals surface area contributed by atoms with E-state index in [9.17, 15) is 0 Å². The molecule has 21 heavy (non-hydrogen) atoms. The fourth-order valence-corrected chi connectivity index (χ4v) is 3.20. The molecule has 0 radical (unpaired) electrons. The summed E-state index contributed by atoms with van der Waals surface area (Å²) >= 11 is 0. The molecule has 0 aromatic heterocycles. The van der Waals surface area contributed by atoms with Gasteiger partial charge in [-0.05, 0) is 50.7 Å². The van der Waals surface area contributed by atoms with Crippen molar-refractivity contribution in [3.63, 3.8) is 0 Å². The third-order valence-corrected chi connectivity index (χ3v) is 4.12. The summed E-state index contributed by atoms with van der Waals surface area (Å²) in [6.45, 7) is 10.0. The molecule has 1 atom stereocenters. The predicted molar refractivity (Wildman–Crippen MR) is 88.4 cm³/mol. The molecule has 0 heterocycles. The van der Waals surface area contributed by atoms with Crippen molar-refractivity contribution in [2.45, 2.75) is 59.4 Å². The lowest BCUT2D eigenvalue weighted by molar-refractivity contribution is 0.229. The number of anilines is 1. The largest absolute Gasteiger partial charge is 0.490 e. The highest BCUT2D eigenvalue weighted by Crippen LogP contribution is 2.37. The van der Waals surface area contributed by atoms with Crippen LogP contribution >= 0.6 is 0 Å². The van der Waals surface area contributed by atoms with Gasteiger partial charge in [0.25, 0.3) is 0 Å². The molecule has 3 nitrogen and oxygen atoms in total. The van der Waals surface area contributed by atoms with Gasteiger partial charge in [-0.25, -0.2) is 0 Å². The van der Waals surface area contributed by atoms with Crippen molar-refractivity contribution >= 4 is 5.69 Å². The van der Waals surface area contributed by atoms with Crippen LogP contribution in [0.2, 0.25) is 0 Å². The molecular formula is C18H29NO2. The van der Waals surface area contributed by atoms with Crippen molar-refractivity contribution in [1.82, 2.24) is 0 Å². The van der Waals surface area contributed by atoms with Crippen molar-refractivity contribution < 1.29 is 9.47 Å². The molecule has 0 spiro atoms. The van der Waals surface area contributed by atoms with Crippen LogP contribution in [0.25, 0.3) is 0 Å². The second-order valence-corrected chi connectivity index (χ2v) is 6.63. The minimum absolute atomic E-state index is 0.448. The molecule has 0 saturated heterocycles. The van der Waals surface area contributed by atoms with Crippen LogP contribution in [-0.2, 0) is 0 Å². The average Bonchev–Trinajstić information content (AvgIpc) is 2.41. The van der Waals surface area contributed by atoms with E-state index in [1.807, 2.05) is 19.9 Å². The van der Waals surface area contributed by atoms with E-state index in [-0.39, 0.29) is 0 Å². The SMILES string of the molecule is CCOc1ccc(NC2CCCC(C)(C)C2)cc1OCC. The van der Waals surface area contributed by atoms with Crippen molar-refractivity contribution in [2.24, 2.45) is 5.41 Å². The molecule has 0 bridgehead atoms. The number of ether oxygens (including phenoxy) is 2. The first-order chi connectivity index (χ1) is 10.0. The van der Waals surface area contributed by atoms with Gasteiger partial charge in [0.05, 0.1) is 13.2 Å². The fraction of sp³-hybridized carbons (Fsp3) is 0.667. The maximum atomic E-state index is 5.70. The second-order valence-electron chi connectivity index (χ2n) is 6.63. The van der Waals surface area contributed by atoms with E-state index in [0.717, 1.165) is 17.2 Å². The molecule has 3 heteroatoms. The Morgan fingerprint density at radius 3 is 2.52 bits per heavy atom. The van der Waals surface area contributed by atoms with E-state index in [1.54, 1.807) is 0 Å². The Kier molecular flexibility index (Phi) is 5.38. The predicted octanol–water partition coefficient (Wildman–Crippen LogP) is 4.86. The van der Waals surface area contributed by atoms with Gasteiger partial charge in [-0.3, -0.25) is 0 Å². The van der Waals surface area contributed by atoms with E-state index in [2.05, 4.69) is 31.3 Å². The van der Waals surface area contributed by atoms with Crippen LogP contribution in [0.1, 0.15) is 53.4 Å². The van der Waals surface area contributed by atoms with E-state index < -0.39 is 0 Å². The summed E-state index contributed by atoms with van der Waals surface area (Å²) in [5, 5.41) is 3.67. The zero-order chi connectivity index (χ0) is 15.3. The summed E-state index contributed by atoms with van der Waals surface area (Å²) in [5.74, 6) is 1.66. The maximum absolute atomic E-state index is 5.70. The summed E-state index contributed by atoms with van der Waals surface area (Å²) in [4.78, 5) is 0. The molecule has 1 aliphatic carbocycles. The van der Waals surface area contributed by atoms with Crippen LogP contribution in [-0.4, -0.2) is 19.3 Å². The van der Waals surface area contributed by atoms with Gasteiger partial charge < -0.3 is 14.8 Å². The quantitative estimate of drug-likeness (QED) is 0.811. The summed E-state index contributed by atoms with van der Waals surface area (Å²) in [6, 6.07) is 6.72. The van der Waals surface area contributed by atoms with Crippen LogP contribution in [0.5, 0.6) is 11.5 Å². The Morgan fingerprint density at radius 1 is 1.14 bits per heavy atom. The second kappa shape index (κ2) is 7.06. The molecule has 1 aromatic rings. The summed E-state index contributed by atoms with van der Waals surface area (Å²) < 4.78 is 11.3. The normalized spacial score (nSPS) is 20.9. The van der Waals surface area contributed by atoms with Crippen molar-refractivity contribution in [3.05, 3.63) is 18.2 Å². The number of hydrogen-bond donors (Lipinski definition) is 1. The van der Waals surface area contributed by atoms with E-state index in [4.69, 9.17) is 9.47 Å². The highest BCUT2D eigenvalue weighted by atomic mass is 16.5. The van der Waals surface area contributed by atoms with Crippen molar-refractivity contribution in [1.29, 1.82) is 0 Å². The van der Waals surface area contributed by atoms with Crippen LogP contribution in [0.15, 0.2) is 18.2 Å². The van der Waals surface area contributed by atoms with Crippen LogP contribution < -0.4 is 14.8 Å². The first kappa shape index (κ1) is 16.0. The molecule has 1 saturated carbocycles. The number of benzene rings is 1. The van der Waals surface area contributed by atoms with Crippen molar-refractivity contribution in [2.75, 3.05) is 18.5 Å². The van der Waals surface area contributed by atoms with Gasteiger partial charge in [0.2, 0.25) is 0 Å². The van der Waals surface area contributed by atoms with Gasteiger partial charge in [-0.1, -0.05) is 20.3 Å². The first-order valence-electron chi connectivity index (χ1n) is 8.20. The molecule has 118 valence electrons. The van der Waals surface area contributed by atoms with Gasteiger partial charge in [0.15, 0.2) is 11.5 Å². The van der Waals surface area contributed by atoms with Gasteiger partial charge in [0.1, 0.15) is 0 Å². The number of nitrogens with one attached hydrogen (secondary N) is 1. The van der Waals surface area contributed by atoms with Gasteiger partial charge >= 0.3 is 0 Å². The zero-order valence-electron chi connectivity index (χ0n) is 13.9. The number of rotatable bonds is 6. The first-order valence-corrected chi connectivity index (χ1v) is 8.20. The van der Waals surface area contributed by atoms with Crippen LogP contribution in [0.4, 0.5) is 5.69 Å². The Hall–Kier alpha value is -1.38. The van der Waals surface area contributed by atoms with E-state index in [1.165, 1.54) is 25.7 Å². The lowest BCUT2D eigenvalue weighted by Gasteiger charge is -2.36. The van der Waals surface area contributed by atoms with Gasteiger partial charge in [-0.2, -0.15) is 0 Å². The topological polar surface area (TPSA) is 30.5 Å². The molecule has 1 aliphatic rings. The molecule has 0 aliphatic heterocycles. The fourth-order valence-electron chi connectivity index (χ4n) is 3.20. The standard InChI is InChI=1S/C18H29NO2/c1-5-20-16-10-9-14(12-17(16)21-6-2)19-15-8-7-11-18(3,4)13-15/h9-10,12,15,19H,5-8,11,13H2,1-4H3. The highest BCUT2D eigenvalue weighted by Gasteiger charge is 2.27. The van der Waals surface area contributed by atoms with Gasteiger partial charge in [0, 0.05) is 17.8 Å². The molecule has 1 fully saturated rings. The minimum Gasteiger partial charge on any atom is -0.490 e. The molecule has 1 N–H and O–H groups in total. The molecule has 1 unspecified atom stereocenters.